The number of rotatable bonds is 13. The Hall–Kier alpha value is -4.11. The third-order valence-corrected chi connectivity index (χ3v) is 7.85. The first-order valence-corrected chi connectivity index (χ1v) is 14.1. The van der Waals surface area contributed by atoms with Gasteiger partial charge in [-0.05, 0) is 66.6 Å². The Morgan fingerprint density at radius 1 is 1.00 bits per heavy atom. The first-order chi connectivity index (χ1) is 19.5. The number of hydrogen-bond acceptors (Lipinski definition) is 5. The van der Waals surface area contributed by atoms with Crippen molar-refractivity contribution >= 4 is 11.9 Å². The van der Waals surface area contributed by atoms with Gasteiger partial charge in [0.15, 0.2) is 0 Å². The summed E-state index contributed by atoms with van der Waals surface area (Å²) in [4.78, 5) is 28.3. The fraction of sp³-hybridized carbons (Fsp3) is 0.382. The minimum atomic E-state index is -0.747. The van der Waals surface area contributed by atoms with E-state index in [-0.39, 0.29) is 24.3 Å². The van der Waals surface area contributed by atoms with Crippen LogP contribution in [0, 0.1) is 16.7 Å². The molecular weight excluding hydrogens is 500 g/mol. The van der Waals surface area contributed by atoms with Gasteiger partial charge in [-0.3, -0.25) is 9.59 Å². The lowest BCUT2D eigenvalue weighted by Gasteiger charge is -2.27. The lowest BCUT2D eigenvalue weighted by Crippen LogP contribution is -2.40. The van der Waals surface area contributed by atoms with E-state index in [2.05, 4.69) is 25.1 Å². The summed E-state index contributed by atoms with van der Waals surface area (Å²) in [6.45, 7) is 3.09. The van der Waals surface area contributed by atoms with Crippen molar-refractivity contribution in [3.63, 3.8) is 0 Å². The molecule has 1 aliphatic rings. The molecule has 0 aliphatic carbocycles. The zero-order chi connectivity index (χ0) is 28.4. The Balaban J connectivity index is 1.48. The minimum Gasteiger partial charge on any atom is -0.491 e. The van der Waals surface area contributed by atoms with Gasteiger partial charge >= 0.3 is 5.97 Å². The topological polar surface area (TPSA) is 79.6 Å². The van der Waals surface area contributed by atoms with Crippen LogP contribution >= 0.6 is 0 Å². The number of unbranched alkanes of at least 4 members (excludes halogenated alkanes) is 1. The molecule has 1 heterocycles. The van der Waals surface area contributed by atoms with Crippen molar-refractivity contribution in [1.82, 2.24) is 4.90 Å². The predicted molar refractivity (Wildman–Crippen MR) is 156 cm³/mol. The number of methoxy groups -OCH3 is 1. The molecule has 0 saturated carbocycles. The number of esters is 1. The molecule has 1 fully saturated rings. The van der Waals surface area contributed by atoms with Gasteiger partial charge in [-0.25, -0.2) is 0 Å². The summed E-state index contributed by atoms with van der Waals surface area (Å²) in [5.41, 5.74) is 3.19. The van der Waals surface area contributed by atoms with E-state index >= 15 is 0 Å². The molecule has 3 aromatic carbocycles. The number of amides is 1. The number of nitrogens with zero attached hydrogens (tertiary/aromatic N) is 2. The fourth-order valence-electron chi connectivity index (χ4n) is 5.63. The Bertz CT molecular complexity index is 1300. The zero-order valence-corrected chi connectivity index (χ0v) is 23.5. The molecule has 4 rings (SSSR count). The van der Waals surface area contributed by atoms with Gasteiger partial charge in [0.25, 0.3) is 0 Å². The van der Waals surface area contributed by atoms with Crippen molar-refractivity contribution in [2.45, 2.75) is 57.9 Å². The van der Waals surface area contributed by atoms with Crippen molar-refractivity contribution < 1.29 is 19.1 Å². The average molecular weight is 539 g/mol. The number of carbonyl (C=O) groups is 2. The Labute approximate surface area is 237 Å². The number of nitriles is 1. The van der Waals surface area contributed by atoms with E-state index in [1.807, 2.05) is 71.6 Å². The van der Waals surface area contributed by atoms with E-state index in [4.69, 9.17) is 14.7 Å². The highest BCUT2D eigenvalue weighted by Crippen LogP contribution is 2.44. The third kappa shape index (κ3) is 7.09. The number of hydrogen-bond donors (Lipinski definition) is 0. The second-order valence-electron chi connectivity index (χ2n) is 10.6. The molecule has 6 heteroatoms. The smallest absolute Gasteiger partial charge is 0.306 e. The molecule has 1 saturated heterocycles. The second-order valence-corrected chi connectivity index (χ2v) is 10.6. The van der Waals surface area contributed by atoms with Gasteiger partial charge in [-0.1, -0.05) is 74.4 Å². The normalized spacial score (nSPS) is 18.4. The Morgan fingerprint density at radius 3 is 2.30 bits per heavy atom. The zero-order valence-electron chi connectivity index (χ0n) is 23.5. The third-order valence-electron chi connectivity index (χ3n) is 7.85. The molecule has 0 N–H and O–H groups in total. The van der Waals surface area contributed by atoms with Gasteiger partial charge in [0.2, 0.25) is 5.91 Å². The predicted octanol–water partition coefficient (Wildman–Crippen LogP) is 6.58. The standard InChI is InChI=1S/C34H38N2O4/c1-3-4-20-34(23-32(37)39-2)22-30(36(33(34)38)21-8-11-26-9-6-5-7-10-26)25-40-31-18-16-29(17-19-31)28-14-12-27(24-35)13-15-28/h5-7,9-10,12-19,30H,3-4,8,11,20-23,25H2,1-2H3/t30-,34-/m0/s1. The number of likely N-dealkylation sites (tertiary alicyclic amines) is 1. The van der Waals surface area contributed by atoms with Gasteiger partial charge in [-0.15, -0.1) is 0 Å². The molecule has 0 spiro atoms. The van der Waals surface area contributed by atoms with Crippen LogP contribution in [0.25, 0.3) is 11.1 Å². The summed E-state index contributed by atoms with van der Waals surface area (Å²) in [7, 11) is 1.38. The summed E-state index contributed by atoms with van der Waals surface area (Å²) < 4.78 is 11.2. The molecule has 0 unspecified atom stereocenters. The number of carbonyl (C=O) groups excluding carboxylic acids is 2. The van der Waals surface area contributed by atoms with Crippen LogP contribution in [0.15, 0.2) is 78.9 Å². The first kappa shape index (κ1) is 28.9. The van der Waals surface area contributed by atoms with Crippen LogP contribution in [-0.2, 0) is 20.7 Å². The van der Waals surface area contributed by atoms with E-state index in [0.29, 0.717) is 31.6 Å². The molecule has 0 bridgehead atoms. The highest BCUT2D eigenvalue weighted by Gasteiger charge is 2.52. The monoisotopic (exact) mass is 538 g/mol. The highest BCUT2D eigenvalue weighted by molar-refractivity contribution is 5.89. The molecular formula is C34H38N2O4. The Kier molecular flexibility index (Phi) is 9.96. The summed E-state index contributed by atoms with van der Waals surface area (Å²) in [6, 6.07) is 27.7. The highest BCUT2D eigenvalue weighted by atomic mass is 16.5. The minimum absolute atomic E-state index is 0.0455. The number of benzene rings is 3. The van der Waals surface area contributed by atoms with Crippen molar-refractivity contribution in [2.24, 2.45) is 5.41 Å². The van der Waals surface area contributed by atoms with Crippen LogP contribution in [0.3, 0.4) is 0 Å². The molecule has 1 aliphatic heterocycles. The van der Waals surface area contributed by atoms with E-state index in [1.54, 1.807) is 0 Å². The Morgan fingerprint density at radius 2 is 1.68 bits per heavy atom. The number of aryl methyl sites for hydroxylation is 1. The molecule has 6 nitrogen and oxygen atoms in total. The maximum Gasteiger partial charge on any atom is 0.306 e. The maximum atomic E-state index is 13.9. The molecule has 208 valence electrons. The molecule has 1 amide bonds. The summed E-state index contributed by atoms with van der Waals surface area (Å²) in [6.07, 6.45) is 4.91. The molecule has 40 heavy (non-hydrogen) atoms. The van der Waals surface area contributed by atoms with E-state index in [9.17, 15) is 9.59 Å². The van der Waals surface area contributed by atoms with Crippen LogP contribution < -0.4 is 4.74 Å². The first-order valence-electron chi connectivity index (χ1n) is 14.1. The van der Waals surface area contributed by atoms with Crippen LogP contribution in [-0.4, -0.2) is 43.1 Å². The van der Waals surface area contributed by atoms with Gasteiger partial charge in [-0.2, -0.15) is 5.26 Å². The maximum absolute atomic E-state index is 13.9. The lowest BCUT2D eigenvalue weighted by molar-refractivity contribution is -0.149. The summed E-state index contributed by atoms with van der Waals surface area (Å²) >= 11 is 0. The van der Waals surface area contributed by atoms with Crippen LogP contribution in [0.1, 0.15) is 56.6 Å². The summed E-state index contributed by atoms with van der Waals surface area (Å²) in [5.74, 6) is 0.436. The van der Waals surface area contributed by atoms with Crippen molar-refractivity contribution in [3.8, 4) is 22.9 Å². The van der Waals surface area contributed by atoms with E-state index < -0.39 is 5.41 Å². The molecule has 0 aromatic heterocycles. The van der Waals surface area contributed by atoms with E-state index in [1.165, 1.54) is 12.7 Å². The average Bonchev–Trinajstić information content (AvgIpc) is 3.25. The molecule has 0 radical (unpaired) electrons. The van der Waals surface area contributed by atoms with Crippen LogP contribution in [0.2, 0.25) is 0 Å². The number of ether oxygens (including phenoxy) is 2. The van der Waals surface area contributed by atoms with Crippen LogP contribution in [0.5, 0.6) is 5.75 Å². The van der Waals surface area contributed by atoms with Gasteiger partial charge in [0.1, 0.15) is 12.4 Å². The second kappa shape index (κ2) is 13.8. The molecule has 2 atom stereocenters. The molecule has 3 aromatic rings. The van der Waals surface area contributed by atoms with Gasteiger partial charge < -0.3 is 14.4 Å². The van der Waals surface area contributed by atoms with Crippen LogP contribution in [0.4, 0.5) is 0 Å². The van der Waals surface area contributed by atoms with Crippen molar-refractivity contribution in [3.05, 3.63) is 90.0 Å². The largest absolute Gasteiger partial charge is 0.491 e. The summed E-state index contributed by atoms with van der Waals surface area (Å²) in [5, 5.41) is 9.04. The quantitative estimate of drug-likeness (QED) is 0.230. The van der Waals surface area contributed by atoms with E-state index in [0.717, 1.165) is 42.6 Å². The van der Waals surface area contributed by atoms with Crippen molar-refractivity contribution in [1.29, 1.82) is 5.26 Å². The van der Waals surface area contributed by atoms with Gasteiger partial charge in [0, 0.05) is 6.54 Å². The SMILES string of the molecule is CCCC[C@@]1(CC(=O)OC)C[C@@H](COc2ccc(-c3ccc(C#N)cc3)cc2)N(CCCc2ccccc2)C1=O. The fourth-order valence-corrected chi connectivity index (χ4v) is 5.63. The van der Waals surface area contributed by atoms with Gasteiger partial charge in [0.05, 0.1) is 36.6 Å². The van der Waals surface area contributed by atoms with Crippen molar-refractivity contribution in [2.75, 3.05) is 20.3 Å². The lowest BCUT2D eigenvalue weighted by atomic mass is 9.77.